The first-order valence-electron chi connectivity index (χ1n) is 10.9. The Labute approximate surface area is 182 Å². The van der Waals surface area contributed by atoms with Gasteiger partial charge in [0.15, 0.2) is 0 Å². The molecule has 1 amide bonds. The van der Waals surface area contributed by atoms with Crippen molar-refractivity contribution in [3.63, 3.8) is 0 Å². The molecular weight excluding hydrogens is 390 g/mol. The van der Waals surface area contributed by atoms with Crippen LogP contribution in [-0.2, 0) is 14.3 Å². The molecule has 0 bridgehead atoms. The van der Waals surface area contributed by atoms with Gasteiger partial charge in [-0.15, -0.1) is 0 Å². The molecule has 1 saturated heterocycles. The Morgan fingerprint density at radius 2 is 1.77 bits per heavy atom. The number of aromatic nitrogens is 1. The maximum atomic E-state index is 13.1. The van der Waals surface area contributed by atoms with Crippen molar-refractivity contribution in [3.8, 4) is 0 Å². The van der Waals surface area contributed by atoms with Crippen LogP contribution in [0.15, 0.2) is 60.8 Å². The van der Waals surface area contributed by atoms with Crippen LogP contribution >= 0.6 is 0 Å². The minimum atomic E-state index is -0.391. The van der Waals surface area contributed by atoms with Crippen molar-refractivity contribution in [2.45, 2.75) is 25.7 Å². The molecule has 0 atom stereocenters. The van der Waals surface area contributed by atoms with Gasteiger partial charge in [0.05, 0.1) is 13.2 Å². The molecule has 1 aliphatic rings. The highest BCUT2D eigenvalue weighted by Gasteiger charge is 2.26. The molecule has 1 N–H and O–H groups in total. The predicted molar refractivity (Wildman–Crippen MR) is 122 cm³/mol. The van der Waals surface area contributed by atoms with E-state index in [1.807, 2.05) is 36.4 Å². The number of aromatic amines is 1. The van der Waals surface area contributed by atoms with Crippen molar-refractivity contribution in [2.75, 3.05) is 37.7 Å². The van der Waals surface area contributed by atoms with E-state index in [0.29, 0.717) is 24.8 Å². The molecule has 0 unspecified atom stereocenters. The van der Waals surface area contributed by atoms with Crippen LogP contribution in [0.2, 0.25) is 0 Å². The number of amides is 1. The van der Waals surface area contributed by atoms with Crippen LogP contribution in [0.1, 0.15) is 31.2 Å². The number of likely N-dealkylation sites (tertiary alicyclic amines) is 1. The fourth-order valence-corrected chi connectivity index (χ4v) is 4.38. The van der Waals surface area contributed by atoms with E-state index in [9.17, 15) is 9.59 Å². The van der Waals surface area contributed by atoms with E-state index in [-0.39, 0.29) is 12.5 Å². The lowest BCUT2D eigenvalue weighted by molar-refractivity contribution is -0.142. The number of H-pyrrole nitrogens is 1. The molecule has 0 spiro atoms. The quantitative estimate of drug-likeness (QED) is 0.589. The summed E-state index contributed by atoms with van der Waals surface area (Å²) in [7, 11) is 0. The first-order valence-corrected chi connectivity index (χ1v) is 10.9. The van der Waals surface area contributed by atoms with Crippen LogP contribution in [0.25, 0.3) is 10.9 Å². The smallest absolute Gasteiger partial charge is 0.326 e. The number of hydrogen-bond donors (Lipinski definition) is 1. The number of benzene rings is 2. The number of esters is 1. The highest BCUT2D eigenvalue weighted by molar-refractivity contribution is 5.98. The summed E-state index contributed by atoms with van der Waals surface area (Å²) < 4.78 is 5.08. The van der Waals surface area contributed by atoms with Gasteiger partial charge in [-0.2, -0.15) is 0 Å². The number of ether oxygens (including phenoxy) is 1. The molecule has 6 heteroatoms. The van der Waals surface area contributed by atoms with E-state index in [1.54, 1.807) is 6.92 Å². The summed E-state index contributed by atoms with van der Waals surface area (Å²) in [4.78, 5) is 32.3. The summed E-state index contributed by atoms with van der Waals surface area (Å²) in [6.07, 6.45) is 4.16. The van der Waals surface area contributed by atoms with Crippen LogP contribution in [0.3, 0.4) is 0 Å². The number of rotatable bonds is 7. The minimum Gasteiger partial charge on any atom is -0.465 e. The molecule has 162 valence electrons. The molecule has 4 rings (SSSR count). The fraction of sp³-hybridized carbons (Fsp3) is 0.360. The molecule has 0 saturated carbocycles. The van der Waals surface area contributed by atoms with Crippen molar-refractivity contribution < 1.29 is 14.3 Å². The van der Waals surface area contributed by atoms with E-state index in [0.717, 1.165) is 25.9 Å². The molecular formula is C25H29N3O3. The van der Waals surface area contributed by atoms with Gasteiger partial charge in [-0.1, -0.05) is 36.4 Å². The molecule has 0 radical (unpaired) electrons. The number of fused-ring (bicyclic) bond motifs is 1. The second-order valence-corrected chi connectivity index (χ2v) is 7.96. The highest BCUT2D eigenvalue weighted by Crippen LogP contribution is 2.33. The zero-order chi connectivity index (χ0) is 21.6. The van der Waals surface area contributed by atoms with Gasteiger partial charge in [0.1, 0.15) is 6.54 Å². The third-order valence-corrected chi connectivity index (χ3v) is 5.97. The third kappa shape index (κ3) is 4.97. The first-order chi connectivity index (χ1) is 15.2. The number of anilines is 1. The number of hydrogen-bond acceptors (Lipinski definition) is 4. The molecule has 1 fully saturated rings. The van der Waals surface area contributed by atoms with Crippen LogP contribution in [-0.4, -0.2) is 54.5 Å². The zero-order valence-corrected chi connectivity index (χ0v) is 17.9. The number of para-hydroxylation sites is 2. The molecule has 3 aromatic rings. The Kier molecular flexibility index (Phi) is 6.67. The number of nitrogens with one attached hydrogen (secondary N) is 1. The van der Waals surface area contributed by atoms with Gasteiger partial charge in [0.25, 0.3) is 0 Å². The summed E-state index contributed by atoms with van der Waals surface area (Å²) in [5.74, 6) is 0.0230. The van der Waals surface area contributed by atoms with Gasteiger partial charge in [0.2, 0.25) is 5.91 Å². The van der Waals surface area contributed by atoms with Gasteiger partial charge in [0, 0.05) is 22.8 Å². The molecule has 31 heavy (non-hydrogen) atoms. The molecule has 0 aliphatic carbocycles. The molecule has 6 nitrogen and oxygen atoms in total. The van der Waals surface area contributed by atoms with Crippen LogP contribution in [0.5, 0.6) is 0 Å². The third-order valence-electron chi connectivity index (χ3n) is 5.97. The first kappa shape index (κ1) is 21.1. The number of carbonyl (C=O) groups excluding carboxylic acids is 2. The topological polar surface area (TPSA) is 65.6 Å². The second-order valence-electron chi connectivity index (χ2n) is 7.96. The van der Waals surface area contributed by atoms with Crippen molar-refractivity contribution in [2.24, 2.45) is 0 Å². The van der Waals surface area contributed by atoms with Crippen molar-refractivity contribution in [1.82, 2.24) is 9.88 Å². The monoisotopic (exact) mass is 419 g/mol. The fourth-order valence-electron chi connectivity index (χ4n) is 4.38. The highest BCUT2D eigenvalue weighted by atomic mass is 16.5. The Bertz CT molecular complexity index is 1020. The summed E-state index contributed by atoms with van der Waals surface area (Å²) in [6, 6.07) is 17.7. The van der Waals surface area contributed by atoms with E-state index in [1.165, 1.54) is 21.4 Å². The van der Waals surface area contributed by atoms with Crippen LogP contribution < -0.4 is 4.90 Å². The molecule has 2 aromatic carbocycles. The Hall–Kier alpha value is -3.12. The largest absolute Gasteiger partial charge is 0.465 e. The lowest BCUT2D eigenvalue weighted by Gasteiger charge is -2.33. The van der Waals surface area contributed by atoms with E-state index >= 15 is 0 Å². The maximum Gasteiger partial charge on any atom is 0.326 e. The molecule has 1 aliphatic heterocycles. The standard InChI is InChI=1S/C25H29N3O3/c1-2-31-25(30)18-28(20-8-4-3-5-9-20)24(29)17-27-14-12-19(13-15-27)22-16-26-23-11-7-6-10-21(22)23/h3-11,16,19,26H,2,12-15,17-18H2,1H3. The van der Waals surface area contributed by atoms with E-state index in [4.69, 9.17) is 4.74 Å². The summed E-state index contributed by atoms with van der Waals surface area (Å²) in [5.41, 5.74) is 3.26. The number of nitrogens with zero attached hydrogens (tertiary/aromatic N) is 2. The summed E-state index contributed by atoms with van der Waals surface area (Å²) >= 11 is 0. The number of carbonyl (C=O) groups is 2. The maximum absolute atomic E-state index is 13.1. The lowest BCUT2D eigenvalue weighted by Crippen LogP contribution is -2.45. The van der Waals surface area contributed by atoms with Gasteiger partial charge >= 0.3 is 5.97 Å². The predicted octanol–water partition coefficient (Wildman–Crippen LogP) is 3.94. The van der Waals surface area contributed by atoms with E-state index < -0.39 is 5.97 Å². The van der Waals surface area contributed by atoms with Crippen molar-refractivity contribution in [3.05, 3.63) is 66.4 Å². The average Bonchev–Trinajstić information content (AvgIpc) is 3.23. The average molecular weight is 420 g/mol. The van der Waals surface area contributed by atoms with Gasteiger partial charge in [-0.25, -0.2) is 0 Å². The Morgan fingerprint density at radius 3 is 2.52 bits per heavy atom. The summed E-state index contributed by atoms with van der Waals surface area (Å²) in [6.45, 7) is 4.02. The van der Waals surface area contributed by atoms with Crippen LogP contribution in [0, 0.1) is 0 Å². The van der Waals surface area contributed by atoms with Gasteiger partial charge in [-0.05, 0) is 62.5 Å². The molecule has 1 aromatic heterocycles. The van der Waals surface area contributed by atoms with Gasteiger partial charge < -0.3 is 14.6 Å². The molecule has 2 heterocycles. The summed E-state index contributed by atoms with van der Waals surface area (Å²) in [5, 5.41) is 1.29. The van der Waals surface area contributed by atoms with Crippen molar-refractivity contribution in [1.29, 1.82) is 0 Å². The van der Waals surface area contributed by atoms with Crippen LogP contribution in [0.4, 0.5) is 5.69 Å². The Morgan fingerprint density at radius 1 is 1.06 bits per heavy atom. The second kappa shape index (κ2) is 9.79. The van der Waals surface area contributed by atoms with Crippen molar-refractivity contribution >= 4 is 28.5 Å². The Balaban J connectivity index is 1.39. The normalized spacial score (nSPS) is 15.1. The number of piperidine rings is 1. The lowest BCUT2D eigenvalue weighted by atomic mass is 9.89. The zero-order valence-electron chi connectivity index (χ0n) is 17.9. The SMILES string of the molecule is CCOC(=O)CN(C(=O)CN1CCC(c2c[nH]c3ccccc23)CC1)c1ccccc1. The van der Waals surface area contributed by atoms with Gasteiger partial charge in [-0.3, -0.25) is 14.5 Å². The van der Waals surface area contributed by atoms with E-state index in [2.05, 4.69) is 34.3 Å². The minimum absolute atomic E-state index is 0.0670.